The molecule has 0 unspecified atom stereocenters. The number of pyridine rings is 1. The molecule has 0 radical (unpaired) electrons. The molecule has 120 valence electrons. The van der Waals surface area contributed by atoms with Crippen LogP contribution in [-0.2, 0) is 0 Å². The quantitative estimate of drug-likeness (QED) is 0.938. The van der Waals surface area contributed by atoms with E-state index in [1.54, 1.807) is 11.0 Å². The summed E-state index contributed by atoms with van der Waals surface area (Å²) in [7, 11) is 0. The number of carbonyl (C=O) groups is 2. The number of carbonyl (C=O) groups excluding carboxylic acids is 2. The summed E-state index contributed by atoms with van der Waals surface area (Å²) in [5.74, 6) is -0.821. The average molecular weight is 333 g/mol. The Morgan fingerprint density at radius 3 is 2.70 bits per heavy atom. The number of nitrogens with one attached hydrogen (secondary N) is 1. The molecule has 0 spiro atoms. The molecule has 2 aromatic rings. The normalized spacial score (nSPS) is 15.4. The van der Waals surface area contributed by atoms with Crippen molar-refractivity contribution in [3.8, 4) is 0 Å². The first-order valence-electron chi connectivity index (χ1n) is 7.36. The Bertz CT molecular complexity index is 697. The fourth-order valence-corrected chi connectivity index (χ4v) is 3.24. The Balaban J connectivity index is 1.54. The van der Waals surface area contributed by atoms with Gasteiger partial charge in [0.1, 0.15) is 5.82 Å². The fourth-order valence-electron chi connectivity index (χ4n) is 2.60. The second-order valence-electron chi connectivity index (χ2n) is 5.44. The van der Waals surface area contributed by atoms with Crippen molar-refractivity contribution in [1.29, 1.82) is 0 Å². The van der Waals surface area contributed by atoms with Crippen LogP contribution in [0.1, 0.15) is 33.6 Å². The van der Waals surface area contributed by atoms with Gasteiger partial charge < -0.3 is 10.2 Å². The number of nitrogens with zero attached hydrogens (tertiary/aromatic N) is 2. The number of thiophene rings is 1. The Morgan fingerprint density at radius 2 is 2.04 bits per heavy atom. The lowest BCUT2D eigenvalue weighted by atomic mass is 10.0. The van der Waals surface area contributed by atoms with E-state index in [2.05, 4.69) is 10.3 Å². The highest BCUT2D eigenvalue weighted by Crippen LogP contribution is 2.15. The summed E-state index contributed by atoms with van der Waals surface area (Å²) in [5.41, 5.74) is 0.921. The summed E-state index contributed by atoms with van der Waals surface area (Å²) in [4.78, 5) is 29.7. The molecule has 2 amide bonds. The van der Waals surface area contributed by atoms with E-state index >= 15 is 0 Å². The zero-order valence-corrected chi connectivity index (χ0v) is 13.2. The molecular formula is C16H16FN3O2S. The summed E-state index contributed by atoms with van der Waals surface area (Å²) in [6, 6.07) is 3.03. The van der Waals surface area contributed by atoms with Gasteiger partial charge in [0.25, 0.3) is 11.8 Å². The van der Waals surface area contributed by atoms with Crippen LogP contribution in [0.15, 0.2) is 35.3 Å². The summed E-state index contributed by atoms with van der Waals surface area (Å²) in [6.45, 7) is 1.06. The molecule has 0 bridgehead atoms. The van der Waals surface area contributed by atoms with Crippen LogP contribution in [0.4, 0.5) is 4.39 Å². The van der Waals surface area contributed by atoms with Gasteiger partial charge in [0.2, 0.25) is 0 Å². The smallest absolute Gasteiger partial charge is 0.255 e. The Labute approximate surface area is 137 Å². The fraction of sp³-hybridized carbons (Fsp3) is 0.312. The number of likely N-dealkylation sites (tertiary alicyclic amines) is 1. The van der Waals surface area contributed by atoms with Crippen molar-refractivity contribution in [3.05, 3.63) is 52.2 Å². The molecule has 0 saturated carbocycles. The van der Waals surface area contributed by atoms with Crippen molar-refractivity contribution < 1.29 is 14.0 Å². The Hall–Kier alpha value is -2.28. The lowest BCUT2D eigenvalue weighted by Gasteiger charge is -2.32. The first-order chi connectivity index (χ1) is 11.1. The zero-order chi connectivity index (χ0) is 16.2. The molecule has 0 aliphatic carbocycles. The van der Waals surface area contributed by atoms with E-state index in [0.717, 1.165) is 6.20 Å². The maximum Gasteiger partial charge on any atom is 0.255 e. The van der Waals surface area contributed by atoms with Crippen LogP contribution in [0.5, 0.6) is 0 Å². The molecule has 2 aromatic heterocycles. The van der Waals surface area contributed by atoms with Gasteiger partial charge in [0.05, 0.1) is 11.8 Å². The van der Waals surface area contributed by atoms with Gasteiger partial charge in [-0.25, -0.2) is 4.39 Å². The molecule has 3 heterocycles. The summed E-state index contributed by atoms with van der Waals surface area (Å²) in [5, 5.41) is 6.66. The minimum atomic E-state index is -0.520. The van der Waals surface area contributed by atoms with E-state index in [1.807, 2.05) is 10.8 Å². The maximum absolute atomic E-state index is 13.2. The van der Waals surface area contributed by atoms with Gasteiger partial charge in [-0.2, -0.15) is 11.3 Å². The van der Waals surface area contributed by atoms with Crippen LogP contribution >= 0.6 is 11.3 Å². The van der Waals surface area contributed by atoms with Crippen LogP contribution in [0.3, 0.4) is 0 Å². The van der Waals surface area contributed by atoms with E-state index in [0.29, 0.717) is 31.5 Å². The summed E-state index contributed by atoms with van der Waals surface area (Å²) >= 11 is 1.48. The third kappa shape index (κ3) is 3.73. The molecule has 1 saturated heterocycles. The number of amides is 2. The average Bonchev–Trinajstić information content (AvgIpc) is 3.09. The van der Waals surface area contributed by atoms with Crippen molar-refractivity contribution in [2.45, 2.75) is 18.9 Å². The third-order valence-electron chi connectivity index (χ3n) is 3.85. The highest BCUT2D eigenvalue weighted by molar-refractivity contribution is 7.08. The monoisotopic (exact) mass is 333 g/mol. The van der Waals surface area contributed by atoms with Gasteiger partial charge in [0, 0.05) is 36.3 Å². The van der Waals surface area contributed by atoms with Gasteiger partial charge in [-0.05, 0) is 30.4 Å². The minimum absolute atomic E-state index is 0.0529. The van der Waals surface area contributed by atoms with Crippen LogP contribution in [-0.4, -0.2) is 40.8 Å². The summed E-state index contributed by atoms with van der Waals surface area (Å²) < 4.78 is 13.2. The topological polar surface area (TPSA) is 62.3 Å². The molecule has 1 fully saturated rings. The molecular weight excluding hydrogens is 317 g/mol. The molecule has 5 nitrogen and oxygen atoms in total. The molecule has 1 aliphatic heterocycles. The lowest BCUT2D eigenvalue weighted by Crippen LogP contribution is -2.46. The van der Waals surface area contributed by atoms with E-state index in [9.17, 15) is 14.0 Å². The SMILES string of the molecule is O=C(NC1CCN(C(=O)c2cncc(F)c2)CC1)c1ccsc1. The number of piperidine rings is 1. The minimum Gasteiger partial charge on any atom is -0.349 e. The Morgan fingerprint density at radius 1 is 1.26 bits per heavy atom. The van der Waals surface area contributed by atoms with Crippen LogP contribution < -0.4 is 5.32 Å². The zero-order valence-electron chi connectivity index (χ0n) is 12.4. The molecule has 0 atom stereocenters. The number of hydrogen-bond donors (Lipinski definition) is 1. The number of rotatable bonds is 3. The summed E-state index contributed by atoms with van der Waals surface area (Å²) in [6.07, 6.45) is 3.81. The van der Waals surface area contributed by atoms with Crippen molar-refractivity contribution in [1.82, 2.24) is 15.2 Å². The van der Waals surface area contributed by atoms with E-state index in [1.165, 1.54) is 23.6 Å². The van der Waals surface area contributed by atoms with Gasteiger partial charge in [0.15, 0.2) is 0 Å². The van der Waals surface area contributed by atoms with Crippen molar-refractivity contribution in [3.63, 3.8) is 0 Å². The second-order valence-corrected chi connectivity index (χ2v) is 6.22. The van der Waals surface area contributed by atoms with Gasteiger partial charge in [-0.1, -0.05) is 0 Å². The van der Waals surface area contributed by atoms with E-state index in [4.69, 9.17) is 0 Å². The molecule has 0 aromatic carbocycles. The first kappa shape index (κ1) is 15.6. The van der Waals surface area contributed by atoms with Crippen LogP contribution in [0.25, 0.3) is 0 Å². The maximum atomic E-state index is 13.2. The van der Waals surface area contributed by atoms with Gasteiger partial charge in [-0.3, -0.25) is 14.6 Å². The molecule has 1 N–H and O–H groups in total. The number of hydrogen-bond acceptors (Lipinski definition) is 4. The number of halogens is 1. The van der Waals surface area contributed by atoms with Gasteiger partial charge >= 0.3 is 0 Å². The second kappa shape index (κ2) is 6.87. The largest absolute Gasteiger partial charge is 0.349 e. The van der Waals surface area contributed by atoms with Crippen LogP contribution in [0, 0.1) is 5.82 Å². The van der Waals surface area contributed by atoms with Gasteiger partial charge in [-0.15, -0.1) is 0 Å². The van der Waals surface area contributed by atoms with E-state index < -0.39 is 5.82 Å². The Kier molecular flexibility index (Phi) is 4.66. The molecule has 3 rings (SSSR count). The number of aromatic nitrogens is 1. The van der Waals surface area contributed by atoms with Crippen LogP contribution in [0.2, 0.25) is 0 Å². The molecule has 23 heavy (non-hydrogen) atoms. The molecule has 7 heteroatoms. The van der Waals surface area contributed by atoms with E-state index in [-0.39, 0.29) is 23.4 Å². The third-order valence-corrected chi connectivity index (χ3v) is 4.54. The standard InChI is InChI=1S/C16H16FN3O2S/c17-13-7-12(8-18-9-13)16(22)20-4-1-14(2-5-20)19-15(21)11-3-6-23-10-11/h3,6-10,14H,1-2,4-5H2,(H,19,21). The van der Waals surface area contributed by atoms with Crippen molar-refractivity contribution in [2.24, 2.45) is 0 Å². The molecule has 1 aliphatic rings. The van der Waals surface area contributed by atoms with Crippen molar-refractivity contribution >= 4 is 23.2 Å². The highest BCUT2D eigenvalue weighted by Gasteiger charge is 2.25. The predicted octanol–water partition coefficient (Wildman–Crippen LogP) is 2.32. The highest BCUT2D eigenvalue weighted by atomic mass is 32.1. The van der Waals surface area contributed by atoms with Crippen molar-refractivity contribution in [2.75, 3.05) is 13.1 Å². The first-order valence-corrected chi connectivity index (χ1v) is 8.30. The lowest BCUT2D eigenvalue weighted by molar-refractivity contribution is 0.0697. The predicted molar refractivity (Wildman–Crippen MR) is 84.9 cm³/mol.